The second-order valence-corrected chi connectivity index (χ2v) is 4.14. The van der Waals surface area contributed by atoms with E-state index in [0.29, 0.717) is 0 Å². The molecule has 0 rings (SSSR count). The molecule has 0 aromatic carbocycles. The van der Waals surface area contributed by atoms with Gasteiger partial charge in [-0.15, -0.1) is 0 Å². The molecule has 0 saturated carbocycles. The zero-order valence-electron chi connectivity index (χ0n) is 5.47. The Morgan fingerprint density at radius 1 is 0.833 bits per heavy atom. The van der Waals surface area contributed by atoms with Gasteiger partial charge in [-0.1, -0.05) is 0 Å². The number of halogens is 8. The van der Waals surface area contributed by atoms with E-state index in [1.54, 1.807) is 0 Å². The number of alkyl halides is 8. The Hall–Kier alpha value is 1.20. The topological polar surface area (TPSA) is 20.2 Å². The average Bonchev–Trinajstić information content (AvgIpc) is 1.59. The molecule has 0 atom stereocenters. The molecule has 0 aliphatic carbocycles. The van der Waals surface area contributed by atoms with E-state index in [1.807, 2.05) is 0 Å². The summed E-state index contributed by atoms with van der Waals surface area (Å²) in [5.74, 6) is 0. The van der Waals surface area contributed by atoms with Gasteiger partial charge in [-0.25, -0.2) is 0 Å². The molecular formula is C3H4Cl5F3O. The fourth-order valence-electron chi connectivity index (χ4n) is 0. The van der Waals surface area contributed by atoms with Crippen molar-refractivity contribution in [3.63, 3.8) is 0 Å². The van der Waals surface area contributed by atoms with E-state index >= 15 is 0 Å². The van der Waals surface area contributed by atoms with Crippen LogP contribution in [0.4, 0.5) is 13.2 Å². The highest BCUT2D eigenvalue weighted by Crippen LogP contribution is 2.26. The van der Waals surface area contributed by atoms with Gasteiger partial charge in [0.25, 0.3) is 0 Å². The van der Waals surface area contributed by atoms with Crippen LogP contribution in [0.5, 0.6) is 0 Å². The van der Waals surface area contributed by atoms with Gasteiger partial charge in [0.15, 0.2) is 0 Å². The molecule has 9 heteroatoms. The van der Waals surface area contributed by atoms with Crippen LogP contribution in [-0.4, -0.2) is 21.1 Å². The molecule has 0 fully saturated rings. The van der Waals surface area contributed by atoms with Crippen molar-refractivity contribution in [2.45, 2.75) is 8.89 Å². The van der Waals surface area contributed by atoms with Gasteiger partial charge in [-0.3, -0.25) is 0 Å². The first-order chi connectivity index (χ1) is 5.00. The normalized spacial score (nSPS) is 10.5. The van der Waals surface area contributed by atoms with Crippen molar-refractivity contribution in [1.82, 2.24) is 0 Å². The van der Waals surface area contributed by atoms with Crippen molar-refractivity contribution in [3.8, 4) is 0 Å². The Bertz CT molecular complexity index is 64.9. The van der Waals surface area contributed by atoms with Crippen molar-refractivity contribution in [1.29, 1.82) is 0 Å². The van der Waals surface area contributed by atoms with Gasteiger partial charge in [-0.2, -0.15) is 13.2 Å². The second-order valence-electron chi connectivity index (χ2n) is 0.857. The van der Waals surface area contributed by atoms with Crippen LogP contribution in [0, 0.1) is 0 Å². The Labute approximate surface area is 92.3 Å². The molecule has 0 radical (unpaired) electrons. The van der Waals surface area contributed by atoms with Gasteiger partial charge in [0.05, 0.1) is 0 Å². The first-order valence-electron chi connectivity index (χ1n) is 1.96. The predicted molar refractivity (Wildman–Crippen MR) is 46.2 cm³/mol. The third kappa shape index (κ3) is 809. The first kappa shape index (κ1) is 18.9. The molecule has 0 saturated heterocycles. The highest BCUT2D eigenvalue weighted by molar-refractivity contribution is 6.66. The van der Waals surface area contributed by atoms with Crippen LogP contribution in [0.25, 0.3) is 0 Å². The SMILES string of the molecule is CO.FC(Cl)(Cl)Cl.FC(F)(Cl)Cl. The van der Waals surface area contributed by atoms with Gasteiger partial charge in [-0.05, 0) is 58.0 Å². The average molecular weight is 290 g/mol. The molecule has 0 aliphatic heterocycles. The van der Waals surface area contributed by atoms with Crippen LogP contribution in [0.3, 0.4) is 0 Å². The minimum absolute atomic E-state index is 1.00. The minimum Gasteiger partial charge on any atom is -0.400 e. The van der Waals surface area contributed by atoms with Gasteiger partial charge in [0.2, 0.25) is 0 Å². The fourth-order valence-corrected chi connectivity index (χ4v) is 0. The molecule has 1 N–H and O–H groups in total. The van der Waals surface area contributed by atoms with E-state index in [2.05, 4.69) is 58.0 Å². The van der Waals surface area contributed by atoms with E-state index < -0.39 is 8.89 Å². The zero-order chi connectivity index (χ0) is 11.0. The molecule has 0 heterocycles. The van der Waals surface area contributed by atoms with Crippen molar-refractivity contribution in [2.24, 2.45) is 0 Å². The van der Waals surface area contributed by atoms with Crippen LogP contribution in [-0.2, 0) is 0 Å². The summed E-state index contributed by atoms with van der Waals surface area (Å²) in [6, 6.07) is 0. The zero-order valence-corrected chi connectivity index (χ0v) is 9.25. The number of hydrogen-bond acceptors (Lipinski definition) is 1. The quantitative estimate of drug-likeness (QED) is 0.671. The van der Waals surface area contributed by atoms with E-state index in [0.717, 1.165) is 7.11 Å². The van der Waals surface area contributed by atoms with Crippen molar-refractivity contribution < 1.29 is 18.3 Å². The number of hydrogen-bond donors (Lipinski definition) is 1. The Balaban J connectivity index is -0.000000112. The molecule has 0 spiro atoms. The maximum absolute atomic E-state index is 11.0. The summed E-state index contributed by atoms with van der Waals surface area (Å²) >= 11 is 21.1. The van der Waals surface area contributed by atoms with Gasteiger partial charge in [0, 0.05) is 7.11 Å². The third-order valence-electron chi connectivity index (χ3n) is 0. The molecule has 0 amide bonds. The number of aliphatic hydroxyl groups is 1. The lowest BCUT2D eigenvalue weighted by molar-refractivity contribution is 0.194. The van der Waals surface area contributed by atoms with Gasteiger partial charge >= 0.3 is 8.89 Å². The molecule has 78 valence electrons. The first-order valence-corrected chi connectivity index (χ1v) is 3.85. The highest BCUT2D eigenvalue weighted by Gasteiger charge is 2.17. The van der Waals surface area contributed by atoms with Crippen LogP contribution < -0.4 is 0 Å². The summed E-state index contributed by atoms with van der Waals surface area (Å²) in [6.45, 7) is 0. The van der Waals surface area contributed by atoms with E-state index in [1.165, 1.54) is 0 Å². The van der Waals surface area contributed by atoms with Crippen LogP contribution >= 0.6 is 58.0 Å². The summed E-state index contributed by atoms with van der Waals surface area (Å²) in [5.41, 5.74) is 0. The number of aliphatic hydroxyl groups excluding tert-OH is 1. The maximum atomic E-state index is 11.0. The molecule has 0 aliphatic rings. The lowest BCUT2D eigenvalue weighted by atomic mass is 11.7. The van der Waals surface area contributed by atoms with E-state index in [9.17, 15) is 13.2 Å². The smallest absolute Gasteiger partial charge is 0.400 e. The lowest BCUT2D eigenvalue weighted by Gasteiger charge is -1.89. The standard InChI is InChI=1S/CCl3F.CCl2F2.CH4O/c2*2-1(3,4)5;1-2/h;;2H,1H3. The van der Waals surface area contributed by atoms with Gasteiger partial charge < -0.3 is 5.11 Å². The van der Waals surface area contributed by atoms with E-state index in [-0.39, 0.29) is 0 Å². The van der Waals surface area contributed by atoms with E-state index in [4.69, 9.17) is 5.11 Å². The molecule has 0 aromatic rings. The molecule has 0 bridgehead atoms. The summed E-state index contributed by atoms with van der Waals surface area (Å²) in [5, 5.41) is 7.00. The van der Waals surface area contributed by atoms with Crippen LogP contribution in [0.15, 0.2) is 0 Å². The summed E-state index contributed by atoms with van der Waals surface area (Å²) < 4.78 is 29.5. The molecule has 0 unspecified atom stereocenters. The Kier molecular flexibility index (Phi) is 13.8. The predicted octanol–water partition coefficient (Wildman–Crippen LogP) is 3.91. The van der Waals surface area contributed by atoms with Crippen molar-refractivity contribution in [3.05, 3.63) is 0 Å². The summed E-state index contributed by atoms with van der Waals surface area (Å²) in [4.78, 5) is -3.56. The largest absolute Gasteiger partial charge is 0.401 e. The van der Waals surface area contributed by atoms with Crippen molar-refractivity contribution >= 4 is 58.0 Å². The second kappa shape index (κ2) is 8.78. The molecule has 12 heavy (non-hydrogen) atoms. The molecule has 1 nitrogen and oxygen atoms in total. The van der Waals surface area contributed by atoms with Crippen molar-refractivity contribution in [2.75, 3.05) is 7.11 Å². The number of rotatable bonds is 0. The monoisotopic (exact) mass is 288 g/mol. The Morgan fingerprint density at radius 3 is 0.833 bits per heavy atom. The maximum Gasteiger partial charge on any atom is 0.401 e. The Morgan fingerprint density at radius 2 is 0.833 bits per heavy atom. The summed E-state index contributed by atoms with van der Waals surface area (Å²) in [6.07, 6.45) is 0. The fraction of sp³-hybridized carbons (Fsp3) is 1.00. The molecule has 0 aromatic heterocycles. The highest BCUT2D eigenvalue weighted by atomic mass is 35.6. The van der Waals surface area contributed by atoms with Crippen LogP contribution in [0.2, 0.25) is 0 Å². The lowest BCUT2D eigenvalue weighted by Crippen LogP contribution is -1.86. The third-order valence-corrected chi connectivity index (χ3v) is 0. The van der Waals surface area contributed by atoms with Gasteiger partial charge in [0.1, 0.15) is 0 Å². The summed E-state index contributed by atoms with van der Waals surface area (Å²) in [7, 11) is 1.00. The van der Waals surface area contributed by atoms with Crippen LogP contribution in [0.1, 0.15) is 0 Å². The minimum atomic E-state index is -3.56. The molecular weight excluding hydrogens is 286 g/mol.